The lowest BCUT2D eigenvalue weighted by molar-refractivity contribution is 0.0613. The average Bonchev–Trinajstić information content (AvgIpc) is 3.28. The first-order valence-electron chi connectivity index (χ1n) is 10.8. The highest BCUT2D eigenvalue weighted by Gasteiger charge is 2.30. The molecule has 4 rings (SSSR count). The molecule has 3 aromatic rings. The van der Waals surface area contributed by atoms with Crippen molar-refractivity contribution in [1.29, 1.82) is 0 Å². The lowest BCUT2D eigenvalue weighted by Gasteiger charge is -2.22. The van der Waals surface area contributed by atoms with Gasteiger partial charge in [0, 0.05) is 24.0 Å². The van der Waals surface area contributed by atoms with Crippen molar-refractivity contribution in [3.8, 4) is 11.8 Å². The second-order valence-electron chi connectivity index (χ2n) is 8.29. The summed E-state index contributed by atoms with van der Waals surface area (Å²) < 4.78 is 56.8. The number of sulfonamides is 1. The molecule has 1 aliphatic rings. The molecular formula is C24H20Cl2F2N4O3S. The normalized spacial score (nSPS) is 14.7. The van der Waals surface area contributed by atoms with E-state index in [1.807, 2.05) is 0 Å². The predicted octanol–water partition coefficient (Wildman–Crippen LogP) is 4.98. The zero-order valence-corrected chi connectivity index (χ0v) is 21.0. The van der Waals surface area contributed by atoms with Crippen molar-refractivity contribution >= 4 is 44.9 Å². The topological polar surface area (TPSA) is 104 Å². The van der Waals surface area contributed by atoms with Gasteiger partial charge in [-0.2, -0.15) is 0 Å². The number of nitrogens with zero attached hydrogens (tertiary/aromatic N) is 2. The van der Waals surface area contributed by atoms with Gasteiger partial charge in [0.2, 0.25) is 5.95 Å². The molecule has 0 aliphatic heterocycles. The summed E-state index contributed by atoms with van der Waals surface area (Å²) >= 11 is 11.8. The average molecular weight is 553 g/mol. The quantitative estimate of drug-likeness (QED) is 0.372. The second kappa shape index (κ2) is 10.6. The number of nitrogens with one attached hydrogen (secondary N) is 2. The molecule has 1 heterocycles. The van der Waals surface area contributed by atoms with Gasteiger partial charge >= 0.3 is 0 Å². The molecule has 12 heteroatoms. The van der Waals surface area contributed by atoms with Gasteiger partial charge in [-0.3, -0.25) is 4.72 Å². The summed E-state index contributed by atoms with van der Waals surface area (Å²) in [6, 6.07) is 5.63. The monoisotopic (exact) mass is 552 g/mol. The summed E-state index contributed by atoms with van der Waals surface area (Å²) in [4.78, 5) is 7.85. The fraction of sp³-hybridized carbons (Fsp3) is 0.250. The van der Waals surface area contributed by atoms with Gasteiger partial charge in [0.25, 0.3) is 10.0 Å². The Balaban J connectivity index is 1.52. The Kier molecular flexibility index (Phi) is 7.66. The minimum atomic E-state index is -4.33. The minimum absolute atomic E-state index is 0.115. The Hall–Kier alpha value is -2.97. The van der Waals surface area contributed by atoms with Gasteiger partial charge in [0.05, 0.1) is 27.4 Å². The van der Waals surface area contributed by atoms with E-state index in [1.165, 1.54) is 24.5 Å². The Labute approximate surface area is 216 Å². The third-order valence-electron chi connectivity index (χ3n) is 5.61. The van der Waals surface area contributed by atoms with Crippen LogP contribution < -0.4 is 10.0 Å². The molecule has 188 valence electrons. The maximum atomic E-state index is 15.0. The molecule has 0 saturated heterocycles. The number of hydrogen-bond acceptors (Lipinski definition) is 6. The second-order valence-corrected chi connectivity index (χ2v) is 10.8. The van der Waals surface area contributed by atoms with Gasteiger partial charge in [0.1, 0.15) is 10.7 Å². The van der Waals surface area contributed by atoms with Crippen molar-refractivity contribution < 1.29 is 22.3 Å². The lowest BCUT2D eigenvalue weighted by atomic mass is 10.0. The fourth-order valence-electron chi connectivity index (χ4n) is 3.70. The van der Waals surface area contributed by atoms with E-state index in [0.717, 1.165) is 31.0 Å². The van der Waals surface area contributed by atoms with Crippen LogP contribution in [0.25, 0.3) is 0 Å². The van der Waals surface area contributed by atoms with Crippen LogP contribution in [0.15, 0.2) is 47.6 Å². The number of hydrogen-bond donors (Lipinski definition) is 3. The largest absolute Gasteiger partial charge is 0.388 e. The van der Waals surface area contributed by atoms with Crippen molar-refractivity contribution in [1.82, 2.24) is 9.97 Å². The highest BCUT2D eigenvalue weighted by molar-refractivity contribution is 7.92. The zero-order valence-electron chi connectivity index (χ0n) is 18.7. The van der Waals surface area contributed by atoms with Gasteiger partial charge in [-0.05, 0) is 43.2 Å². The van der Waals surface area contributed by atoms with E-state index >= 15 is 4.39 Å². The molecule has 0 spiro atoms. The molecule has 1 aromatic heterocycles. The fourth-order valence-corrected chi connectivity index (χ4v) is 5.52. The van der Waals surface area contributed by atoms with E-state index in [1.54, 1.807) is 0 Å². The lowest BCUT2D eigenvalue weighted by Crippen LogP contribution is -2.33. The van der Waals surface area contributed by atoms with Crippen LogP contribution in [0.3, 0.4) is 0 Å². The van der Waals surface area contributed by atoms with Gasteiger partial charge in [-0.15, -0.1) is 0 Å². The van der Waals surface area contributed by atoms with E-state index in [9.17, 15) is 17.9 Å². The smallest absolute Gasteiger partial charge is 0.263 e. The van der Waals surface area contributed by atoms with Crippen LogP contribution in [-0.2, 0) is 10.0 Å². The molecule has 0 amide bonds. The summed E-state index contributed by atoms with van der Waals surface area (Å²) in [6.45, 7) is 0.317. The van der Waals surface area contributed by atoms with Crippen molar-refractivity contribution in [3.63, 3.8) is 0 Å². The van der Waals surface area contributed by atoms with Crippen molar-refractivity contribution in [3.05, 3.63) is 75.5 Å². The minimum Gasteiger partial charge on any atom is -0.388 e. The van der Waals surface area contributed by atoms with Gasteiger partial charge in [0.15, 0.2) is 5.82 Å². The molecule has 1 aliphatic carbocycles. The van der Waals surface area contributed by atoms with Crippen LogP contribution >= 0.6 is 23.2 Å². The highest BCUT2D eigenvalue weighted by atomic mass is 35.5. The SMILES string of the molecule is O=S(=O)(Nc1ccc(F)c(C#Cc2cnc(NCC3(O)CCCC3)nc2)c1F)c1cc(Cl)ccc1Cl. The highest BCUT2D eigenvalue weighted by Crippen LogP contribution is 2.30. The van der Waals surface area contributed by atoms with E-state index in [0.29, 0.717) is 19.4 Å². The molecule has 36 heavy (non-hydrogen) atoms. The molecule has 0 unspecified atom stereocenters. The molecule has 0 bridgehead atoms. The summed E-state index contributed by atoms with van der Waals surface area (Å²) in [6.07, 6.45) is 6.09. The van der Waals surface area contributed by atoms with Crippen LogP contribution in [0, 0.1) is 23.5 Å². The molecular weight excluding hydrogens is 533 g/mol. The number of benzene rings is 2. The van der Waals surface area contributed by atoms with Crippen LogP contribution in [0.4, 0.5) is 20.4 Å². The van der Waals surface area contributed by atoms with Crippen molar-refractivity contribution in [2.75, 3.05) is 16.6 Å². The van der Waals surface area contributed by atoms with Crippen molar-refractivity contribution in [2.45, 2.75) is 36.2 Å². The molecule has 3 N–H and O–H groups in total. The molecule has 1 fully saturated rings. The number of rotatable bonds is 6. The maximum absolute atomic E-state index is 15.0. The van der Waals surface area contributed by atoms with Crippen LogP contribution in [0.5, 0.6) is 0 Å². The van der Waals surface area contributed by atoms with E-state index in [2.05, 4.69) is 31.8 Å². The standard InChI is InChI=1S/C24H20Cl2F2N4O3S/c25-16-4-6-18(26)21(11-16)36(34,35)32-20-8-7-19(27)17(22(20)28)5-3-15-12-29-23(30-13-15)31-14-24(33)9-1-2-10-24/h4,6-8,11-13,32-33H,1-2,9-10,14H2,(H,29,30,31). The summed E-state index contributed by atoms with van der Waals surface area (Å²) in [5.74, 6) is 3.04. The number of aromatic nitrogens is 2. The van der Waals surface area contributed by atoms with Crippen LogP contribution in [0.2, 0.25) is 10.0 Å². The van der Waals surface area contributed by atoms with Crippen LogP contribution in [0.1, 0.15) is 36.8 Å². The van der Waals surface area contributed by atoms with Gasteiger partial charge < -0.3 is 10.4 Å². The third kappa shape index (κ3) is 6.05. The van der Waals surface area contributed by atoms with Gasteiger partial charge in [-0.25, -0.2) is 27.2 Å². The number of halogens is 4. The first kappa shape index (κ1) is 26.1. The predicted molar refractivity (Wildman–Crippen MR) is 134 cm³/mol. The number of aliphatic hydroxyl groups is 1. The van der Waals surface area contributed by atoms with Gasteiger partial charge in [-0.1, -0.05) is 47.9 Å². The Bertz CT molecular complexity index is 1450. The number of anilines is 2. The Morgan fingerprint density at radius 2 is 1.75 bits per heavy atom. The van der Waals surface area contributed by atoms with Crippen LogP contribution in [-0.4, -0.2) is 35.6 Å². The van der Waals surface area contributed by atoms with E-state index in [4.69, 9.17) is 23.2 Å². The first-order valence-corrected chi connectivity index (χ1v) is 13.1. The molecule has 2 aromatic carbocycles. The summed E-state index contributed by atoms with van der Waals surface area (Å²) in [5, 5.41) is 13.4. The molecule has 1 saturated carbocycles. The Morgan fingerprint density at radius 1 is 1.06 bits per heavy atom. The summed E-state index contributed by atoms with van der Waals surface area (Å²) in [5.41, 5.74) is -1.66. The molecule has 0 atom stereocenters. The molecule has 0 radical (unpaired) electrons. The summed E-state index contributed by atoms with van der Waals surface area (Å²) in [7, 11) is -4.33. The van der Waals surface area contributed by atoms with Crippen molar-refractivity contribution in [2.24, 2.45) is 0 Å². The molecule has 7 nitrogen and oxygen atoms in total. The van der Waals surface area contributed by atoms with E-state index < -0.39 is 38.5 Å². The zero-order chi connectivity index (χ0) is 25.9. The first-order chi connectivity index (χ1) is 17.1. The maximum Gasteiger partial charge on any atom is 0.263 e. The third-order valence-corrected chi connectivity index (χ3v) is 7.69. The Morgan fingerprint density at radius 3 is 2.44 bits per heavy atom. The van der Waals surface area contributed by atoms with E-state index in [-0.39, 0.29) is 26.5 Å².